The van der Waals surface area contributed by atoms with Crippen molar-refractivity contribution in [3.63, 3.8) is 0 Å². The summed E-state index contributed by atoms with van der Waals surface area (Å²) in [5.74, 6) is -0.745. The fraction of sp³-hybridized carbons (Fsp3) is 0.500. The van der Waals surface area contributed by atoms with Crippen LogP contribution in [-0.2, 0) is 11.3 Å². The summed E-state index contributed by atoms with van der Waals surface area (Å²) in [5, 5.41) is 11.9. The first kappa shape index (κ1) is 12.5. The molecule has 0 bridgehead atoms. The van der Waals surface area contributed by atoms with E-state index in [4.69, 9.17) is 16.7 Å². The highest BCUT2D eigenvalue weighted by atomic mass is 35.5. The fourth-order valence-electron chi connectivity index (χ4n) is 1.27. The van der Waals surface area contributed by atoms with E-state index in [2.05, 4.69) is 5.32 Å². The Morgan fingerprint density at radius 2 is 2.27 bits per heavy atom. The highest BCUT2D eigenvalue weighted by Crippen LogP contribution is 2.21. The molecule has 0 aliphatic carbocycles. The molecule has 0 fully saturated rings. The smallest absolute Gasteiger partial charge is 0.320 e. The Hall–Kier alpha value is -0.580. The Morgan fingerprint density at radius 1 is 1.60 bits per heavy atom. The standard InChI is InChI=1S/C10H14ClNO2S/c1-6(2)9(10(13)14)12-5-7-3-4-8(11)15-7/h3-4,6,9,12H,5H2,1-2H3,(H,13,14)/t9-/m0/s1. The zero-order valence-corrected chi connectivity index (χ0v) is 10.2. The molecule has 1 atom stereocenters. The molecule has 1 heterocycles. The van der Waals surface area contributed by atoms with Gasteiger partial charge in [0.1, 0.15) is 6.04 Å². The summed E-state index contributed by atoms with van der Waals surface area (Å²) in [6, 6.07) is 3.21. The number of nitrogens with one attached hydrogen (secondary N) is 1. The number of thiophene rings is 1. The lowest BCUT2D eigenvalue weighted by atomic mass is 10.1. The number of halogens is 1. The summed E-state index contributed by atoms with van der Waals surface area (Å²) in [6.07, 6.45) is 0. The summed E-state index contributed by atoms with van der Waals surface area (Å²) in [4.78, 5) is 11.9. The molecule has 15 heavy (non-hydrogen) atoms. The van der Waals surface area contributed by atoms with Crippen molar-refractivity contribution in [3.8, 4) is 0 Å². The van der Waals surface area contributed by atoms with E-state index in [1.54, 1.807) is 0 Å². The van der Waals surface area contributed by atoms with Gasteiger partial charge in [-0.15, -0.1) is 11.3 Å². The lowest BCUT2D eigenvalue weighted by Gasteiger charge is -2.17. The van der Waals surface area contributed by atoms with Crippen LogP contribution in [0, 0.1) is 5.92 Å². The maximum Gasteiger partial charge on any atom is 0.320 e. The summed E-state index contributed by atoms with van der Waals surface area (Å²) >= 11 is 7.24. The van der Waals surface area contributed by atoms with Gasteiger partial charge in [-0.1, -0.05) is 25.4 Å². The van der Waals surface area contributed by atoms with Crippen LogP contribution in [0.5, 0.6) is 0 Å². The number of carboxylic acid groups (broad SMARTS) is 1. The SMILES string of the molecule is CC(C)[C@H](NCc1ccc(Cl)s1)C(=O)O. The van der Waals surface area contributed by atoms with Gasteiger partial charge < -0.3 is 5.11 Å². The number of aliphatic carboxylic acids is 1. The zero-order chi connectivity index (χ0) is 11.4. The van der Waals surface area contributed by atoms with Crippen molar-refractivity contribution in [1.82, 2.24) is 5.32 Å². The fourth-order valence-corrected chi connectivity index (χ4v) is 2.30. The van der Waals surface area contributed by atoms with Gasteiger partial charge in [0, 0.05) is 11.4 Å². The minimum atomic E-state index is -0.812. The van der Waals surface area contributed by atoms with Crippen molar-refractivity contribution in [3.05, 3.63) is 21.3 Å². The van der Waals surface area contributed by atoms with E-state index in [0.717, 1.165) is 9.21 Å². The van der Waals surface area contributed by atoms with Gasteiger partial charge in [-0.3, -0.25) is 10.1 Å². The lowest BCUT2D eigenvalue weighted by molar-refractivity contribution is -0.140. The second kappa shape index (κ2) is 5.49. The normalized spacial score (nSPS) is 13.1. The van der Waals surface area contributed by atoms with Crippen LogP contribution >= 0.6 is 22.9 Å². The van der Waals surface area contributed by atoms with Crippen molar-refractivity contribution in [2.24, 2.45) is 5.92 Å². The predicted octanol–water partition coefficient (Wildman–Crippen LogP) is 2.60. The van der Waals surface area contributed by atoms with Crippen LogP contribution < -0.4 is 5.32 Å². The maximum atomic E-state index is 10.9. The monoisotopic (exact) mass is 247 g/mol. The summed E-state index contributed by atoms with van der Waals surface area (Å²) in [5.41, 5.74) is 0. The minimum Gasteiger partial charge on any atom is -0.480 e. The van der Waals surface area contributed by atoms with Crippen LogP contribution in [0.2, 0.25) is 4.34 Å². The van der Waals surface area contributed by atoms with Crippen LogP contribution in [0.1, 0.15) is 18.7 Å². The average Bonchev–Trinajstić information content (AvgIpc) is 2.50. The Bertz CT molecular complexity index is 338. The van der Waals surface area contributed by atoms with Crippen molar-refractivity contribution < 1.29 is 9.90 Å². The molecule has 84 valence electrons. The van der Waals surface area contributed by atoms with Gasteiger partial charge in [0.05, 0.1) is 4.34 Å². The molecule has 0 amide bonds. The highest BCUT2D eigenvalue weighted by Gasteiger charge is 2.20. The van der Waals surface area contributed by atoms with Crippen molar-refractivity contribution >= 4 is 28.9 Å². The molecule has 3 nitrogen and oxygen atoms in total. The first-order chi connectivity index (χ1) is 7.00. The maximum absolute atomic E-state index is 10.9. The highest BCUT2D eigenvalue weighted by molar-refractivity contribution is 7.16. The molecule has 0 aliphatic heterocycles. The number of carbonyl (C=O) groups is 1. The molecule has 0 aliphatic rings. The summed E-state index contributed by atoms with van der Waals surface area (Å²) in [6.45, 7) is 4.31. The van der Waals surface area contributed by atoms with Crippen LogP contribution in [0.3, 0.4) is 0 Å². The minimum absolute atomic E-state index is 0.0675. The second-order valence-electron chi connectivity index (χ2n) is 3.65. The van der Waals surface area contributed by atoms with Gasteiger partial charge in [-0.05, 0) is 18.1 Å². The van der Waals surface area contributed by atoms with Crippen LogP contribution in [0.15, 0.2) is 12.1 Å². The van der Waals surface area contributed by atoms with Crippen molar-refractivity contribution in [2.75, 3.05) is 0 Å². The molecule has 5 heteroatoms. The molecule has 2 N–H and O–H groups in total. The third-order valence-electron chi connectivity index (χ3n) is 2.06. The first-order valence-corrected chi connectivity index (χ1v) is 5.90. The third kappa shape index (κ3) is 3.81. The first-order valence-electron chi connectivity index (χ1n) is 4.71. The zero-order valence-electron chi connectivity index (χ0n) is 8.66. The van der Waals surface area contributed by atoms with E-state index in [0.29, 0.717) is 6.54 Å². The molecular formula is C10H14ClNO2S. The Kier molecular flexibility index (Phi) is 4.57. The van der Waals surface area contributed by atoms with Gasteiger partial charge in [0.25, 0.3) is 0 Å². The van der Waals surface area contributed by atoms with E-state index in [1.165, 1.54) is 11.3 Å². The quantitative estimate of drug-likeness (QED) is 0.841. The number of rotatable bonds is 5. The topological polar surface area (TPSA) is 49.3 Å². The van der Waals surface area contributed by atoms with E-state index < -0.39 is 12.0 Å². The van der Waals surface area contributed by atoms with Gasteiger partial charge in [0.15, 0.2) is 0 Å². The molecule has 1 rings (SSSR count). The van der Waals surface area contributed by atoms with Crippen molar-refractivity contribution in [2.45, 2.75) is 26.4 Å². The molecule has 0 saturated heterocycles. The molecule has 0 unspecified atom stereocenters. The number of hydrogen-bond acceptors (Lipinski definition) is 3. The average molecular weight is 248 g/mol. The van der Waals surface area contributed by atoms with Gasteiger partial charge in [-0.2, -0.15) is 0 Å². The summed E-state index contributed by atoms with van der Waals surface area (Å²) < 4.78 is 0.725. The summed E-state index contributed by atoms with van der Waals surface area (Å²) in [7, 11) is 0. The number of carboxylic acids is 1. The van der Waals surface area contributed by atoms with Crippen LogP contribution in [0.25, 0.3) is 0 Å². The lowest BCUT2D eigenvalue weighted by Crippen LogP contribution is -2.40. The third-order valence-corrected chi connectivity index (χ3v) is 3.29. The Labute approximate surface area is 98.1 Å². The predicted molar refractivity (Wildman–Crippen MR) is 62.4 cm³/mol. The molecule has 0 radical (unpaired) electrons. The Balaban J connectivity index is 2.50. The molecule has 0 aromatic carbocycles. The van der Waals surface area contributed by atoms with E-state index in [1.807, 2.05) is 26.0 Å². The van der Waals surface area contributed by atoms with Gasteiger partial charge in [0.2, 0.25) is 0 Å². The molecule has 1 aromatic heterocycles. The second-order valence-corrected chi connectivity index (χ2v) is 5.45. The van der Waals surface area contributed by atoms with Gasteiger partial charge in [-0.25, -0.2) is 0 Å². The number of hydrogen-bond donors (Lipinski definition) is 2. The van der Waals surface area contributed by atoms with Gasteiger partial charge >= 0.3 is 5.97 Å². The van der Waals surface area contributed by atoms with E-state index in [9.17, 15) is 4.79 Å². The molecule has 1 aromatic rings. The largest absolute Gasteiger partial charge is 0.480 e. The molecular weight excluding hydrogens is 234 g/mol. The van der Waals surface area contributed by atoms with Crippen LogP contribution in [-0.4, -0.2) is 17.1 Å². The van der Waals surface area contributed by atoms with E-state index in [-0.39, 0.29) is 5.92 Å². The molecule has 0 spiro atoms. The van der Waals surface area contributed by atoms with Crippen LogP contribution in [0.4, 0.5) is 0 Å². The van der Waals surface area contributed by atoms with Crippen molar-refractivity contribution in [1.29, 1.82) is 0 Å². The Morgan fingerprint density at radius 3 is 2.67 bits per heavy atom. The van der Waals surface area contributed by atoms with E-state index >= 15 is 0 Å². The molecule has 0 saturated carbocycles.